The maximum Gasteiger partial charge on any atom is 0.160 e. The molecule has 0 fully saturated rings. The third-order valence-corrected chi connectivity index (χ3v) is 15.9. The third kappa shape index (κ3) is 6.87. The summed E-state index contributed by atoms with van der Waals surface area (Å²) in [6.07, 6.45) is 9.95. The fourth-order valence-electron chi connectivity index (χ4n) is 12.4. The summed E-state index contributed by atoms with van der Waals surface area (Å²) >= 11 is 0. The first-order chi connectivity index (χ1) is 37.3. The number of hydrogen-bond donors (Lipinski definition) is 0. The molecular formula is C69H48N8. The number of benzene rings is 7. The molecule has 0 saturated carbocycles. The normalized spacial score (nSPS) is 14.2. The van der Waals surface area contributed by atoms with Gasteiger partial charge in [-0.05, 0) is 118 Å². The highest BCUT2D eigenvalue weighted by Gasteiger charge is 2.38. The highest BCUT2D eigenvalue weighted by Crippen LogP contribution is 2.52. The molecule has 0 bridgehead atoms. The van der Waals surface area contributed by atoms with E-state index in [1.807, 2.05) is 96.4 Å². The summed E-state index contributed by atoms with van der Waals surface area (Å²) in [6, 6.07) is 53.3. The zero-order chi connectivity index (χ0) is 53.7. The van der Waals surface area contributed by atoms with Gasteiger partial charge in [0.05, 0.1) is 67.1 Å². The van der Waals surface area contributed by atoms with Crippen LogP contribution in [0, 0.1) is 45.3 Å². The van der Waals surface area contributed by atoms with Crippen LogP contribution in [0.25, 0.3) is 100 Å². The molecule has 0 N–H and O–H groups in total. The van der Waals surface area contributed by atoms with Gasteiger partial charge >= 0.3 is 0 Å². The molecule has 8 heteroatoms. The van der Waals surface area contributed by atoms with Gasteiger partial charge in [0.2, 0.25) is 0 Å². The number of nitrogens with zero attached hydrogens (tertiary/aromatic N) is 8. The van der Waals surface area contributed by atoms with Crippen molar-refractivity contribution in [1.29, 1.82) is 21.0 Å². The second kappa shape index (κ2) is 17.6. The van der Waals surface area contributed by atoms with Gasteiger partial charge in [-0.3, -0.25) is 0 Å². The monoisotopic (exact) mass is 988 g/mol. The zero-order valence-corrected chi connectivity index (χ0v) is 43.3. The minimum absolute atomic E-state index is 0.275. The standard InChI is InChI=1S/C69H48N8/c1-9-20-56-48(11-3)52-32-54-50-24-17-19-26-62(50)77(64(54)34-58(52)69(56,7)8)66-45(38-72)29-42(30-46(66)39-73)60-35-59(74-67(75-60)40-21-14-13-15-22-40)41-27-43(36-70)65(44(28-41)37-71)76-61-25-18-16-23-49(61)53-31-51-47(10-2)55(12-4)68(5,6)57(51)33-63(53)76/h9-35H,2-4H2,1,5-8H3/b20-9-. The fourth-order valence-corrected chi connectivity index (χ4v) is 12.4. The predicted octanol–water partition coefficient (Wildman–Crippen LogP) is 16.4. The smallest absolute Gasteiger partial charge is 0.160 e. The summed E-state index contributed by atoms with van der Waals surface area (Å²) in [4.78, 5) is 10.2. The lowest BCUT2D eigenvalue weighted by Crippen LogP contribution is -2.16. The van der Waals surface area contributed by atoms with Crippen molar-refractivity contribution in [2.75, 3.05) is 0 Å². The molecule has 10 aromatic rings. The minimum Gasteiger partial charge on any atom is -0.307 e. The van der Waals surface area contributed by atoms with Crippen LogP contribution in [0.4, 0.5) is 0 Å². The number of para-hydroxylation sites is 2. The number of allylic oxidation sites excluding steroid dienone is 9. The Morgan fingerprint density at radius 2 is 0.870 bits per heavy atom. The molecule has 0 spiro atoms. The van der Waals surface area contributed by atoms with E-state index < -0.39 is 0 Å². The van der Waals surface area contributed by atoms with Gasteiger partial charge in [0, 0.05) is 49.1 Å². The van der Waals surface area contributed by atoms with E-state index in [4.69, 9.17) is 9.97 Å². The van der Waals surface area contributed by atoms with E-state index in [1.54, 1.807) is 30.3 Å². The molecule has 0 atom stereocenters. The predicted molar refractivity (Wildman–Crippen MR) is 311 cm³/mol. The van der Waals surface area contributed by atoms with Crippen molar-refractivity contribution < 1.29 is 0 Å². The van der Waals surface area contributed by atoms with Gasteiger partial charge in [-0.2, -0.15) is 21.0 Å². The van der Waals surface area contributed by atoms with Gasteiger partial charge in [0.15, 0.2) is 5.82 Å². The Kier molecular flexibility index (Phi) is 10.9. The molecule has 2 aliphatic rings. The molecule has 12 rings (SSSR count). The van der Waals surface area contributed by atoms with Crippen LogP contribution in [0.3, 0.4) is 0 Å². The highest BCUT2D eigenvalue weighted by molar-refractivity contribution is 6.13. The first-order valence-corrected chi connectivity index (χ1v) is 25.4. The molecule has 3 aromatic heterocycles. The van der Waals surface area contributed by atoms with Crippen molar-refractivity contribution >= 4 is 54.8 Å². The first-order valence-electron chi connectivity index (χ1n) is 25.4. The second-order valence-corrected chi connectivity index (χ2v) is 20.7. The summed E-state index contributed by atoms with van der Waals surface area (Å²) in [7, 11) is 0. The van der Waals surface area contributed by atoms with Crippen molar-refractivity contribution in [1.82, 2.24) is 19.1 Å². The lowest BCUT2D eigenvalue weighted by Gasteiger charge is -2.23. The molecule has 0 unspecified atom stereocenters. The Morgan fingerprint density at radius 1 is 0.455 bits per heavy atom. The third-order valence-electron chi connectivity index (χ3n) is 15.9. The molecule has 7 aromatic carbocycles. The molecule has 0 saturated heterocycles. The van der Waals surface area contributed by atoms with Crippen LogP contribution in [-0.4, -0.2) is 19.1 Å². The van der Waals surface area contributed by atoms with Gasteiger partial charge in [-0.15, -0.1) is 0 Å². The average Bonchev–Trinajstić information content (AvgIpc) is 4.12. The van der Waals surface area contributed by atoms with Gasteiger partial charge < -0.3 is 9.13 Å². The molecule has 2 aliphatic carbocycles. The van der Waals surface area contributed by atoms with Crippen molar-refractivity contribution in [2.45, 2.75) is 45.4 Å². The summed E-state index contributed by atoms with van der Waals surface area (Å²) in [5, 5.41) is 48.6. The van der Waals surface area contributed by atoms with Crippen LogP contribution in [0.15, 0.2) is 195 Å². The minimum atomic E-state index is -0.382. The Morgan fingerprint density at radius 3 is 1.29 bits per heavy atom. The number of rotatable bonds is 9. The first kappa shape index (κ1) is 47.6. The summed E-state index contributed by atoms with van der Waals surface area (Å²) < 4.78 is 4.09. The largest absolute Gasteiger partial charge is 0.307 e. The van der Waals surface area contributed by atoms with E-state index in [1.165, 1.54) is 5.57 Å². The number of hydrogen-bond acceptors (Lipinski definition) is 6. The summed E-state index contributed by atoms with van der Waals surface area (Å²) in [5.41, 5.74) is 16.2. The van der Waals surface area contributed by atoms with Crippen molar-refractivity contribution in [3.05, 3.63) is 239 Å². The Hall–Kier alpha value is -10.4. The molecule has 0 aliphatic heterocycles. The molecule has 364 valence electrons. The number of aromatic nitrogens is 4. The van der Waals surface area contributed by atoms with Crippen LogP contribution in [0.1, 0.15) is 79.1 Å². The van der Waals surface area contributed by atoms with E-state index in [-0.39, 0.29) is 33.1 Å². The lowest BCUT2D eigenvalue weighted by molar-refractivity contribution is 0.654. The lowest BCUT2D eigenvalue weighted by atomic mass is 9.80. The molecule has 8 nitrogen and oxygen atoms in total. The van der Waals surface area contributed by atoms with E-state index in [9.17, 15) is 21.0 Å². The Balaban J connectivity index is 1.05. The second-order valence-electron chi connectivity index (χ2n) is 20.7. The highest BCUT2D eigenvalue weighted by atomic mass is 15.0. The molecular weight excluding hydrogens is 941 g/mol. The molecule has 0 amide bonds. The average molecular weight is 989 g/mol. The van der Waals surface area contributed by atoms with Crippen molar-refractivity contribution in [3.63, 3.8) is 0 Å². The van der Waals surface area contributed by atoms with Crippen LogP contribution in [0.2, 0.25) is 0 Å². The maximum atomic E-state index is 11.2. The van der Waals surface area contributed by atoms with E-state index in [2.05, 4.69) is 125 Å². The van der Waals surface area contributed by atoms with E-state index in [0.717, 1.165) is 88.1 Å². The Bertz CT molecular complexity index is 4540. The van der Waals surface area contributed by atoms with E-state index in [0.29, 0.717) is 39.7 Å². The molecule has 77 heavy (non-hydrogen) atoms. The molecule has 3 heterocycles. The van der Waals surface area contributed by atoms with Crippen LogP contribution < -0.4 is 0 Å². The van der Waals surface area contributed by atoms with Crippen molar-refractivity contribution in [3.8, 4) is 69.6 Å². The zero-order valence-electron chi connectivity index (χ0n) is 43.3. The Labute approximate surface area is 447 Å². The maximum absolute atomic E-state index is 11.2. The number of nitriles is 4. The fraction of sp³-hybridized carbons (Fsp3) is 0.101. The van der Waals surface area contributed by atoms with Gasteiger partial charge in [0.1, 0.15) is 24.3 Å². The van der Waals surface area contributed by atoms with Crippen LogP contribution in [-0.2, 0) is 10.8 Å². The van der Waals surface area contributed by atoms with Gasteiger partial charge in [0.25, 0.3) is 0 Å². The topological polar surface area (TPSA) is 131 Å². The van der Waals surface area contributed by atoms with Gasteiger partial charge in [-0.25, -0.2) is 9.97 Å². The number of fused-ring (bicyclic) bond motifs is 8. The van der Waals surface area contributed by atoms with Crippen LogP contribution in [0.5, 0.6) is 0 Å². The quantitative estimate of drug-likeness (QED) is 0.142. The van der Waals surface area contributed by atoms with Crippen molar-refractivity contribution in [2.24, 2.45) is 0 Å². The van der Waals surface area contributed by atoms with E-state index >= 15 is 0 Å². The van der Waals surface area contributed by atoms with Crippen LogP contribution >= 0.6 is 0 Å². The molecule has 0 radical (unpaired) electrons. The SMILES string of the molecule is C=CC1=C(C=C)C(C)(C)c2cc3c(cc21)c1ccccc1n3-c1c(C#N)cc(-c2cc(-c3cc(C#N)c(-n4c5ccccc5c5cc6c(cc54)C(C)(C)C(/C=C\C)=C6C=C)c(C#N)c3)nc(-c3ccccc3)n2)cc1C#N. The summed E-state index contributed by atoms with van der Waals surface area (Å²) in [5.74, 6) is 0.384. The van der Waals surface area contributed by atoms with Gasteiger partial charge in [-0.1, -0.05) is 145 Å². The summed E-state index contributed by atoms with van der Waals surface area (Å²) in [6.45, 7) is 23.4.